The number of nitrogen functional groups attached to an aromatic ring is 1. The van der Waals surface area contributed by atoms with E-state index >= 15 is 0 Å². The van der Waals surface area contributed by atoms with Gasteiger partial charge in [0, 0.05) is 23.5 Å². The normalized spacial score (nSPS) is 10.1. The minimum atomic E-state index is 0.485. The number of hydrogen-bond acceptors (Lipinski definition) is 5. The third-order valence-corrected chi connectivity index (χ3v) is 1.96. The van der Waals surface area contributed by atoms with Crippen molar-refractivity contribution >= 4 is 5.82 Å². The van der Waals surface area contributed by atoms with Gasteiger partial charge in [-0.2, -0.15) is 0 Å². The summed E-state index contributed by atoms with van der Waals surface area (Å²) >= 11 is 0. The molecule has 0 amide bonds. The second kappa shape index (κ2) is 3.37. The zero-order valence-electron chi connectivity index (χ0n) is 7.68. The molecule has 0 aromatic carbocycles. The van der Waals surface area contributed by atoms with E-state index in [4.69, 9.17) is 5.73 Å². The van der Waals surface area contributed by atoms with Crippen LogP contribution < -0.4 is 5.73 Å². The van der Waals surface area contributed by atoms with Crippen molar-refractivity contribution in [2.75, 3.05) is 5.73 Å². The van der Waals surface area contributed by atoms with Gasteiger partial charge in [0.05, 0.1) is 5.69 Å². The van der Waals surface area contributed by atoms with Crippen LogP contribution in [0.5, 0.6) is 0 Å². The van der Waals surface area contributed by atoms with E-state index in [1.807, 2.05) is 6.92 Å². The van der Waals surface area contributed by atoms with Gasteiger partial charge in [0.15, 0.2) is 0 Å². The molecule has 0 aliphatic carbocycles. The van der Waals surface area contributed by atoms with E-state index in [-0.39, 0.29) is 0 Å². The highest BCUT2D eigenvalue weighted by atomic mass is 14.9. The molecule has 2 N–H and O–H groups in total. The molecular weight excluding hydrogens is 178 g/mol. The van der Waals surface area contributed by atoms with Gasteiger partial charge in [-0.1, -0.05) is 0 Å². The maximum atomic E-state index is 5.67. The van der Waals surface area contributed by atoms with E-state index in [2.05, 4.69) is 19.9 Å². The Labute approximate surface area is 81.1 Å². The van der Waals surface area contributed by atoms with Crippen molar-refractivity contribution in [3.63, 3.8) is 0 Å². The van der Waals surface area contributed by atoms with Crippen LogP contribution in [0.4, 0.5) is 5.82 Å². The molecule has 0 unspecified atom stereocenters. The van der Waals surface area contributed by atoms with Crippen molar-refractivity contribution < 1.29 is 0 Å². The lowest BCUT2D eigenvalue weighted by molar-refractivity contribution is 1.12. The van der Waals surface area contributed by atoms with E-state index in [1.165, 1.54) is 12.7 Å². The van der Waals surface area contributed by atoms with Crippen LogP contribution in [-0.4, -0.2) is 19.9 Å². The summed E-state index contributed by atoms with van der Waals surface area (Å²) in [5.41, 5.74) is 8.14. The number of nitrogens with zero attached hydrogens (tertiary/aromatic N) is 4. The van der Waals surface area contributed by atoms with Gasteiger partial charge >= 0.3 is 0 Å². The molecule has 5 heteroatoms. The van der Waals surface area contributed by atoms with E-state index in [1.54, 1.807) is 12.4 Å². The lowest BCUT2D eigenvalue weighted by Gasteiger charge is -2.04. The molecule has 0 aliphatic rings. The first kappa shape index (κ1) is 8.55. The van der Waals surface area contributed by atoms with Crippen LogP contribution >= 0.6 is 0 Å². The standard InChI is InChI=1S/C9H9N5/c1-6-8(13-5-14-9(6)10)7-2-11-4-12-3-7/h2-5H,1H3,(H2,10,13,14). The van der Waals surface area contributed by atoms with E-state index in [0.29, 0.717) is 5.82 Å². The van der Waals surface area contributed by atoms with Gasteiger partial charge in [0.1, 0.15) is 18.5 Å². The van der Waals surface area contributed by atoms with E-state index in [0.717, 1.165) is 16.8 Å². The summed E-state index contributed by atoms with van der Waals surface area (Å²) in [6.07, 6.45) is 6.30. The molecule has 5 nitrogen and oxygen atoms in total. The largest absolute Gasteiger partial charge is 0.383 e. The van der Waals surface area contributed by atoms with Gasteiger partial charge in [-0.25, -0.2) is 19.9 Å². The highest BCUT2D eigenvalue weighted by Gasteiger charge is 2.06. The van der Waals surface area contributed by atoms with Crippen LogP contribution in [0.1, 0.15) is 5.56 Å². The number of nitrogens with two attached hydrogens (primary N) is 1. The lowest BCUT2D eigenvalue weighted by Crippen LogP contribution is -1.98. The molecule has 0 atom stereocenters. The molecule has 0 saturated heterocycles. The molecule has 0 spiro atoms. The number of aromatic nitrogens is 4. The quantitative estimate of drug-likeness (QED) is 0.715. The van der Waals surface area contributed by atoms with Crippen molar-refractivity contribution in [1.82, 2.24) is 19.9 Å². The highest BCUT2D eigenvalue weighted by molar-refractivity contribution is 5.65. The summed E-state index contributed by atoms with van der Waals surface area (Å²) in [6, 6.07) is 0. The minimum absolute atomic E-state index is 0.485. The van der Waals surface area contributed by atoms with E-state index < -0.39 is 0 Å². The second-order valence-electron chi connectivity index (χ2n) is 2.86. The number of rotatable bonds is 1. The SMILES string of the molecule is Cc1c(N)ncnc1-c1cncnc1. The molecule has 0 saturated carbocycles. The summed E-state index contributed by atoms with van der Waals surface area (Å²) in [4.78, 5) is 15.9. The predicted molar refractivity (Wildman–Crippen MR) is 52.2 cm³/mol. The smallest absolute Gasteiger partial charge is 0.130 e. The highest BCUT2D eigenvalue weighted by Crippen LogP contribution is 2.20. The summed E-state index contributed by atoms with van der Waals surface area (Å²) in [6.45, 7) is 1.87. The number of anilines is 1. The fraction of sp³-hybridized carbons (Fsp3) is 0.111. The first-order valence-corrected chi connectivity index (χ1v) is 4.11. The molecule has 2 aromatic heterocycles. The first-order valence-electron chi connectivity index (χ1n) is 4.11. The Kier molecular flexibility index (Phi) is 2.06. The minimum Gasteiger partial charge on any atom is -0.383 e. The van der Waals surface area contributed by atoms with Gasteiger partial charge in [-0.05, 0) is 6.92 Å². The van der Waals surface area contributed by atoms with Crippen LogP contribution in [0.25, 0.3) is 11.3 Å². The maximum absolute atomic E-state index is 5.67. The predicted octanol–water partition coefficient (Wildman–Crippen LogP) is 0.824. The van der Waals surface area contributed by atoms with Gasteiger partial charge in [0.2, 0.25) is 0 Å². The Morgan fingerprint density at radius 2 is 1.79 bits per heavy atom. The summed E-state index contributed by atoms with van der Waals surface area (Å²) < 4.78 is 0. The van der Waals surface area contributed by atoms with Crippen LogP contribution in [-0.2, 0) is 0 Å². The Hall–Kier alpha value is -2.04. The van der Waals surface area contributed by atoms with Crippen molar-refractivity contribution in [1.29, 1.82) is 0 Å². The molecule has 14 heavy (non-hydrogen) atoms. The van der Waals surface area contributed by atoms with Crippen LogP contribution in [0.2, 0.25) is 0 Å². The van der Waals surface area contributed by atoms with Crippen molar-refractivity contribution in [2.45, 2.75) is 6.92 Å². The molecule has 0 fully saturated rings. The van der Waals surface area contributed by atoms with Crippen molar-refractivity contribution in [2.24, 2.45) is 0 Å². The van der Waals surface area contributed by atoms with Gasteiger partial charge in [0.25, 0.3) is 0 Å². The van der Waals surface area contributed by atoms with Crippen molar-refractivity contribution in [3.8, 4) is 11.3 Å². The second-order valence-corrected chi connectivity index (χ2v) is 2.86. The molecule has 0 aliphatic heterocycles. The van der Waals surface area contributed by atoms with Gasteiger partial charge in [-0.3, -0.25) is 0 Å². The molecule has 2 rings (SSSR count). The summed E-state index contributed by atoms with van der Waals surface area (Å²) in [5.74, 6) is 0.485. The topological polar surface area (TPSA) is 77.6 Å². The molecule has 0 radical (unpaired) electrons. The zero-order valence-corrected chi connectivity index (χ0v) is 7.68. The third kappa shape index (κ3) is 1.39. The number of hydrogen-bond donors (Lipinski definition) is 1. The Bertz CT molecular complexity index is 440. The average molecular weight is 187 g/mol. The van der Waals surface area contributed by atoms with E-state index in [9.17, 15) is 0 Å². The average Bonchev–Trinajstić information content (AvgIpc) is 2.23. The van der Waals surface area contributed by atoms with Crippen LogP contribution in [0.3, 0.4) is 0 Å². The van der Waals surface area contributed by atoms with Gasteiger partial charge < -0.3 is 5.73 Å². The molecule has 2 heterocycles. The van der Waals surface area contributed by atoms with Crippen LogP contribution in [0.15, 0.2) is 25.0 Å². The molecular formula is C9H9N5. The van der Waals surface area contributed by atoms with Crippen molar-refractivity contribution in [3.05, 3.63) is 30.6 Å². The Morgan fingerprint density at radius 1 is 1.07 bits per heavy atom. The maximum Gasteiger partial charge on any atom is 0.130 e. The van der Waals surface area contributed by atoms with Crippen LogP contribution in [0, 0.1) is 6.92 Å². The summed E-state index contributed by atoms with van der Waals surface area (Å²) in [5, 5.41) is 0. The monoisotopic (exact) mass is 187 g/mol. The Balaban J connectivity index is 2.58. The lowest BCUT2D eigenvalue weighted by atomic mass is 10.1. The zero-order chi connectivity index (χ0) is 9.97. The summed E-state index contributed by atoms with van der Waals surface area (Å²) in [7, 11) is 0. The Morgan fingerprint density at radius 3 is 2.50 bits per heavy atom. The first-order chi connectivity index (χ1) is 6.79. The molecule has 2 aromatic rings. The molecule has 70 valence electrons. The third-order valence-electron chi connectivity index (χ3n) is 1.96. The fourth-order valence-corrected chi connectivity index (χ4v) is 1.18. The molecule has 0 bridgehead atoms. The van der Waals surface area contributed by atoms with Gasteiger partial charge in [-0.15, -0.1) is 0 Å². The fourth-order valence-electron chi connectivity index (χ4n) is 1.18.